The summed E-state index contributed by atoms with van der Waals surface area (Å²) in [5.74, 6) is 0.345. The number of anilines is 2. The monoisotopic (exact) mass is 292 g/mol. The Bertz CT molecular complexity index is 583. The number of benzene rings is 1. The van der Waals surface area contributed by atoms with Gasteiger partial charge in [-0.05, 0) is 26.0 Å². The number of aromatic nitrogens is 1. The number of nitrogens with zero attached hydrogens (tertiary/aromatic N) is 1. The Morgan fingerprint density at radius 2 is 2.10 bits per heavy atom. The predicted molar refractivity (Wildman–Crippen MR) is 79.0 cm³/mol. The summed E-state index contributed by atoms with van der Waals surface area (Å²) in [7, 11) is 0. The molecule has 5 nitrogen and oxygen atoms in total. The first-order valence-electron chi connectivity index (χ1n) is 6.36. The summed E-state index contributed by atoms with van der Waals surface area (Å²) in [6.45, 7) is 4.62. The van der Waals surface area contributed by atoms with E-state index < -0.39 is 5.97 Å². The Morgan fingerprint density at radius 3 is 2.85 bits per heavy atom. The lowest BCUT2D eigenvalue weighted by atomic mass is 10.3. The van der Waals surface area contributed by atoms with Crippen LogP contribution in [0.1, 0.15) is 24.3 Å². The van der Waals surface area contributed by atoms with Gasteiger partial charge in [0, 0.05) is 5.38 Å². The van der Waals surface area contributed by atoms with E-state index in [9.17, 15) is 4.79 Å². The number of thiazole rings is 1. The molecule has 1 aromatic carbocycles. The van der Waals surface area contributed by atoms with Crippen LogP contribution in [0.5, 0.6) is 5.75 Å². The largest absolute Gasteiger partial charge is 0.492 e. The maximum Gasteiger partial charge on any atom is 0.357 e. The van der Waals surface area contributed by atoms with Gasteiger partial charge in [-0.2, -0.15) is 0 Å². The number of rotatable bonds is 6. The molecule has 2 aromatic rings. The highest BCUT2D eigenvalue weighted by atomic mass is 32.1. The Labute approximate surface area is 121 Å². The number of nitrogens with one attached hydrogen (secondary N) is 1. The average molecular weight is 292 g/mol. The number of hydrogen-bond acceptors (Lipinski definition) is 6. The van der Waals surface area contributed by atoms with E-state index >= 15 is 0 Å². The van der Waals surface area contributed by atoms with Crippen LogP contribution in [0.15, 0.2) is 29.6 Å². The van der Waals surface area contributed by atoms with Crippen LogP contribution in [0.3, 0.4) is 0 Å². The number of para-hydroxylation sites is 2. The Kier molecular flexibility index (Phi) is 4.95. The highest BCUT2D eigenvalue weighted by Crippen LogP contribution is 2.29. The Hall–Kier alpha value is -2.08. The summed E-state index contributed by atoms with van der Waals surface area (Å²) >= 11 is 1.35. The van der Waals surface area contributed by atoms with Gasteiger partial charge in [0.05, 0.1) is 18.9 Å². The fourth-order valence-corrected chi connectivity index (χ4v) is 2.29. The van der Waals surface area contributed by atoms with Gasteiger partial charge in [0.25, 0.3) is 0 Å². The smallest absolute Gasteiger partial charge is 0.357 e. The van der Waals surface area contributed by atoms with Crippen LogP contribution in [-0.4, -0.2) is 24.2 Å². The summed E-state index contributed by atoms with van der Waals surface area (Å²) in [6.07, 6.45) is 0. The molecule has 0 radical (unpaired) electrons. The van der Waals surface area contributed by atoms with Gasteiger partial charge in [-0.15, -0.1) is 11.3 Å². The van der Waals surface area contributed by atoms with E-state index in [-0.39, 0.29) is 0 Å². The molecule has 0 bridgehead atoms. The molecule has 0 amide bonds. The van der Waals surface area contributed by atoms with Crippen LogP contribution in [-0.2, 0) is 4.74 Å². The van der Waals surface area contributed by atoms with E-state index in [1.165, 1.54) is 11.3 Å². The number of ether oxygens (including phenoxy) is 2. The lowest BCUT2D eigenvalue weighted by Gasteiger charge is -2.09. The van der Waals surface area contributed by atoms with Crippen molar-refractivity contribution in [2.45, 2.75) is 13.8 Å². The Balaban J connectivity index is 2.12. The molecule has 6 heteroatoms. The van der Waals surface area contributed by atoms with Crippen molar-refractivity contribution in [1.82, 2.24) is 4.98 Å². The number of esters is 1. The topological polar surface area (TPSA) is 60.5 Å². The van der Waals surface area contributed by atoms with Crippen molar-refractivity contribution in [3.63, 3.8) is 0 Å². The molecule has 106 valence electrons. The fourth-order valence-electron chi connectivity index (χ4n) is 1.60. The quantitative estimate of drug-likeness (QED) is 0.826. The van der Waals surface area contributed by atoms with Gasteiger partial charge in [0.2, 0.25) is 0 Å². The van der Waals surface area contributed by atoms with Crippen molar-refractivity contribution >= 4 is 28.1 Å². The highest BCUT2D eigenvalue weighted by Gasteiger charge is 2.12. The van der Waals surface area contributed by atoms with Gasteiger partial charge in [0.1, 0.15) is 5.75 Å². The van der Waals surface area contributed by atoms with Gasteiger partial charge < -0.3 is 14.8 Å². The molecule has 0 atom stereocenters. The van der Waals surface area contributed by atoms with E-state index in [4.69, 9.17) is 9.47 Å². The second-order valence-electron chi connectivity index (χ2n) is 3.81. The molecule has 0 spiro atoms. The van der Waals surface area contributed by atoms with Gasteiger partial charge in [-0.25, -0.2) is 9.78 Å². The zero-order chi connectivity index (χ0) is 14.4. The number of carbonyl (C=O) groups excluding carboxylic acids is 1. The molecular weight excluding hydrogens is 276 g/mol. The lowest BCUT2D eigenvalue weighted by Crippen LogP contribution is -2.05. The molecule has 1 aromatic heterocycles. The molecule has 0 aliphatic rings. The van der Waals surface area contributed by atoms with E-state index in [1.807, 2.05) is 31.2 Å². The van der Waals surface area contributed by atoms with Crippen molar-refractivity contribution in [2.75, 3.05) is 18.5 Å². The molecule has 1 N–H and O–H groups in total. The van der Waals surface area contributed by atoms with Crippen LogP contribution >= 0.6 is 11.3 Å². The first-order chi connectivity index (χ1) is 9.74. The van der Waals surface area contributed by atoms with Gasteiger partial charge in [0.15, 0.2) is 10.8 Å². The number of carbonyl (C=O) groups is 1. The average Bonchev–Trinajstić information content (AvgIpc) is 2.90. The second kappa shape index (κ2) is 6.91. The normalized spacial score (nSPS) is 10.1. The van der Waals surface area contributed by atoms with Crippen LogP contribution in [0, 0.1) is 0 Å². The van der Waals surface area contributed by atoms with Crippen molar-refractivity contribution < 1.29 is 14.3 Å². The molecule has 2 rings (SSSR count). The molecule has 0 unspecified atom stereocenters. The maximum atomic E-state index is 11.5. The highest BCUT2D eigenvalue weighted by molar-refractivity contribution is 7.14. The van der Waals surface area contributed by atoms with Crippen molar-refractivity contribution in [1.29, 1.82) is 0 Å². The van der Waals surface area contributed by atoms with Crippen LogP contribution in [0.25, 0.3) is 0 Å². The lowest BCUT2D eigenvalue weighted by molar-refractivity contribution is 0.0520. The zero-order valence-corrected chi connectivity index (χ0v) is 12.2. The Morgan fingerprint density at radius 1 is 1.30 bits per heavy atom. The van der Waals surface area contributed by atoms with Gasteiger partial charge in [-0.1, -0.05) is 12.1 Å². The molecule has 1 heterocycles. The summed E-state index contributed by atoms with van der Waals surface area (Å²) in [5, 5.41) is 5.44. The first kappa shape index (κ1) is 14.3. The van der Waals surface area contributed by atoms with Crippen LogP contribution < -0.4 is 10.1 Å². The fraction of sp³-hybridized carbons (Fsp3) is 0.286. The summed E-state index contributed by atoms with van der Waals surface area (Å²) < 4.78 is 10.4. The van der Waals surface area contributed by atoms with E-state index in [2.05, 4.69) is 10.3 Å². The summed E-state index contributed by atoms with van der Waals surface area (Å²) in [5.41, 5.74) is 1.13. The predicted octanol–water partition coefficient (Wildman–Crippen LogP) is 3.46. The van der Waals surface area contributed by atoms with Crippen molar-refractivity contribution in [3.8, 4) is 5.75 Å². The zero-order valence-electron chi connectivity index (χ0n) is 11.4. The summed E-state index contributed by atoms with van der Waals surface area (Å²) in [6, 6.07) is 7.59. The summed E-state index contributed by atoms with van der Waals surface area (Å²) in [4.78, 5) is 15.8. The molecule has 0 saturated carbocycles. The third-order valence-corrected chi connectivity index (χ3v) is 3.17. The van der Waals surface area contributed by atoms with E-state index in [0.717, 1.165) is 11.4 Å². The van der Waals surface area contributed by atoms with Gasteiger partial charge >= 0.3 is 5.97 Å². The minimum atomic E-state index is -0.408. The minimum absolute atomic E-state index is 0.313. The molecule has 0 aliphatic heterocycles. The van der Waals surface area contributed by atoms with Gasteiger partial charge in [-0.3, -0.25) is 0 Å². The van der Waals surface area contributed by atoms with E-state index in [0.29, 0.717) is 24.0 Å². The molecule has 0 aliphatic carbocycles. The number of hydrogen-bond donors (Lipinski definition) is 1. The standard InChI is InChI=1S/C14H16N2O3S/c1-3-18-12-8-6-5-7-10(12)15-14-16-11(9-20-14)13(17)19-4-2/h5-9H,3-4H2,1-2H3,(H,15,16). The SMILES string of the molecule is CCOC(=O)c1csc(Nc2ccccc2OCC)n1. The van der Waals surface area contributed by atoms with Crippen molar-refractivity contribution in [2.24, 2.45) is 0 Å². The third kappa shape index (κ3) is 3.48. The van der Waals surface area contributed by atoms with Crippen molar-refractivity contribution in [3.05, 3.63) is 35.3 Å². The molecule has 0 fully saturated rings. The van der Waals surface area contributed by atoms with E-state index in [1.54, 1.807) is 12.3 Å². The minimum Gasteiger partial charge on any atom is -0.492 e. The molecule has 0 saturated heterocycles. The maximum absolute atomic E-state index is 11.5. The second-order valence-corrected chi connectivity index (χ2v) is 4.67. The molecular formula is C14H16N2O3S. The van der Waals surface area contributed by atoms with Crippen LogP contribution in [0.2, 0.25) is 0 Å². The van der Waals surface area contributed by atoms with Crippen LogP contribution in [0.4, 0.5) is 10.8 Å². The first-order valence-corrected chi connectivity index (χ1v) is 7.24. The molecule has 20 heavy (non-hydrogen) atoms. The third-order valence-electron chi connectivity index (χ3n) is 2.42.